The van der Waals surface area contributed by atoms with Gasteiger partial charge in [0.2, 0.25) is 0 Å². The van der Waals surface area contributed by atoms with Crippen molar-refractivity contribution in [2.75, 3.05) is 30.4 Å². The summed E-state index contributed by atoms with van der Waals surface area (Å²) in [5.74, 6) is -0.746. The van der Waals surface area contributed by atoms with Crippen molar-refractivity contribution in [3.8, 4) is 11.1 Å². The number of aromatic nitrogens is 4. The molecule has 4 fully saturated rings. The highest BCUT2D eigenvalue weighted by Crippen LogP contribution is 2.71. The first-order valence-electron chi connectivity index (χ1n) is 20.0. The second-order valence-corrected chi connectivity index (χ2v) is 19.2. The maximum atomic E-state index is 14.0. The molecule has 2 aromatic carbocycles. The average Bonchev–Trinajstić information content (AvgIpc) is 3.70. The molecule has 292 valence electrons. The molecule has 10 rings (SSSR count). The van der Waals surface area contributed by atoms with Crippen LogP contribution in [0.1, 0.15) is 102 Å². The molecule has 4 bridgehead atoms. The molecule has 5 aromatic rings. The number of aromatic carboxylic acids is 1. The first-order chi connectivity index (χ1) is 26.7. The number of nitrogens with zero attached hydrogens (tertiary/aromatic N) is 5. The van der Waals surface area contributed by atoms with Crippen LogP contribution in [0.3, 0.4) is 0 Å². The van der Waals surface area contributed by atoms with E-state index in [-0.39, 0.29) is 27.8 Å². The second-order valence-electron chi connectivity index (χ2n) is 18.2. The van der Waals surface area contributed by atoms with Crippen LogP contribution in [0, 0.1) is 23.2 Å². The number of carbonyl (C=O) groups excluding carboxylic acids is 1. The molecular formula is C44H51N7O4S. The van der Waals surface area contributed by atoms with Crippen LogP contribution in [0.4, 0.5) is 10.9 Å². The lowest BCUT2D eigenvalue weighted by Gasteiger charge is -2.68. The Morgan fingerprint density at radius 1 is 0.964 bits per heavy atom. The highest BCUT2D eigenvalue weighted by atomic mass is 32.1. The molecule has 0 spiro atoms. The third-order valence-electron chi connectivity index (χ3n) is 13.0. The molecule has 0 radical (unpaired) electrons. The molecule has 2 unspecified atom stereocenters. The first kappa shape index (κ1) is 37.0. The summed E-state index contributed by atoms with van der Waals surface area (Å²) in [5.41, 5.74) is 6.39. The minimum absolute atomic E-state index is 0.0197. The number of fused-ring (bicyclic) bond motifs is 2. The van der Waals surface area contributed by atoms with Gasteiger partial charge in [0, 0.05) is 42.0 Å². The van der Waals surface area contributed by atoms with Crippen molar-refractivity contribution in [3.63, 3.8) is 0 Å². The van der Waals surface area contributed by atoms with Gasteiger partial charge < -0.3 is 20.4 Å². The van der Waals surface area contributed by atoms with Gasteiger partial charge in [-0.15, -0.1) is 0 Å². The van der Waals surface area contributed by atoms with Crippen molar-refractivity contribution in [2.24, 2.45) is 16.2 Å². The Morgan fingerprint density at radius 2 is 1.75 bits per heavy atom. The van der Waals surface area contributed by atoms with Gasteiger partial charge in [-0.2, -0.15) is 5.10 Å². The number of hydrogen-bond donors (Lipinski definition) is 4. The Balaban J connectivity index is 0.993. The van der Waals surface area contributed by atoms with Gasteiger partial charge in [0.05, 0.1) is 22.0 Å². The molecule has 1 aliphatic heterocycles. The lowest BCUT2D eigenvalue weighted by atomic mass is 9.39. The number of aliphatic hydroxyl groups is 1. The predicted molar refractivity (Wildman–Crippen MR) is 219 cm³/mol. The summed E-state index contributed by atoms with van der Waals surface area (Å²) < 4.78 is 3.04. The van der Waals surface area contributed by atoms with Crippen LogP contribution in [-0.2, 0) is 25.9 Å². The Morgan fingerprint density at radius 3 is 2.48 bits per heavy atom. The number of pyridine rings is 1. The Bertz CT molecular complexity index is 2300. The third-order valence-corrected chi connectivity index (χ3v) is 14.0. The van der Waals surface area contributed by atoms with E-state index in [1.54, 1.807) is 6.20 Å². The van der Waals surface area contributed by atoms with Crippen molar-refractivity contribution in [2.45, 2.75) is 97.2 Å². The summed E-state index contributed by atoms with van der Waals surface area (Å²) >= 11 is 1.45. The smallest absolute Gasteiger partial charge is 0.355 e. The van der Waals surface area contributed by atoms with Gasteiger partial charge >= 0.3 is 5.97 Å². The summed E-state index contributed by atoms with van der Waals surface area (Å²) in [6.07, 6.45) is 10.1. The zero-order valence-electron chi connectivity index (χ0n) is 32.7. The summed E-state index contributed by atoms with van der Waals surface area (Å²) in [7, 11) is 1.94. The summed E-state index contributed by atoms with van der Waals surface area (Å²) in [6, 6.07) is 15.8. The molecule has 5 aliphatic rings. The molecule has 4 saturated carbocycles. The molecule has 3 aromatic heterocycles. The van der Waals surface area contributed by atoms with E-state index in [1.807, 2.05) is 61.1 Å². The van der Waals surface area contributed by atoms with Gasteiger partial charge in [0.25, 0.3) is 5.91 Å². The fourth-order valence-corrected chi connectivity index (χ4v) is 12.9. The molecule has 4 heterocycles. The highest BCUT2D eigenvalue weighted by Gasteiger charge is 2.65. The van der Waals surface area contributed by atoms with Crippen LogP contribution < -0.4 is 15.5 Å². The Labute approximate surface area is 331 Å². The van der Waals surface area contributed by atoms with Gasteiger partial charge in [-0.05, 0) is 142 Å². The van der Waals surface area contributed by atoms with E-state index < -0.39 is 11.6 Å². The molecule has 1 amide bonds. The number of amides is 1. The van der Waals surface area contributed by atoms with Gasteiger partial charge in [-0.3, -0.25) is 14.8 Å². The number of carboxylic acids is 1. The SMILES string of the molecule is CNCCCc1cc2c(c(C(=O)Nc3nc4ccccc4s3)c1)CN(c1ccc(-c3cnn(CC45CC6(C)CC(C)(CC(O)(C6)C4)C5)c3C)c(C(=O)O)n1)CC2. The fraction of sp³-hybridized carbons (Fsp3) is 0.477. The zero-order chi connectivity index (χ0) is 39.0. The summed E-state index contributed by atoms with van der Waals surface area (Å²) in [6.45, 7) is 9.36. The zero-order valence-corrected chi connectivity index (χ0v) is 33.6. The number of carbonyl (C=O) groups is 2. The summed E-state index contributed by atoms with van der Waals surface area (Å²) in [5, 5.41) is 33.9. The van der Waals surface area contributed by atoms with Crippen LogP contribution >= 0.6 is 11.3 Å². The maximum Gasteiger partial charge on any atom is 0.355 e. The van der Waals surface area contributed by atoms with Gasteiger partial charge in [0.1, 0.15) is 5.82 Å². The van der Waals surface area contributed by atoms with Crippen LogP contribution in [-0.4, -0.2) is 67.6 Å². The molecule has 0 saturated heterocycles. The number of hydrogen-bond acceptors (Lipinski definition) is 9. The molecule has 56 heavy (non-hydrogen) atoms. The number of para-hydroxylation sites is 1. The van der Waals surface area contributed by atoms with E-state index in [0.29, 0.717) is 48.1 Å². The molecule has 12 heteroatoms. The molecule has 2 atom stereocenters. The largest absolute Gasteiger partial charge is 0.476 e. The van der Waals surface area contributed by atoms with Crippen LogP contribution in [0.2, 0.25) is 0 Å². The normalized spacial score (nSPS) is 26.5. The van der Waals surface area contributed by atoms with Crippen LogP contribution in [0.5, 0.6) is 0 Å². The lowest BCUT2D eigenvalue weighted by molar-refractivity contribution is -0.229. The van der Waals surface area contributed by atoms with Gasteiger partial charge in [-0.1, -0.05) is 43.4 Å². The van der Waals surface area contributed by atoms with Crippen LogP contribution in [0.15, 0.2) is 54.7 Å². The van der Waals surface area contributed by atoms with Crippen molar-refractivity contribution in [3.05, 3.63) is 88.4 Å². The van der Waals surface area contributed by atoms with Gasteiger partial charge in [-0.25, -0.2) is 14.8 Å². The van der Waals surface area contributed by atoms with Crippen LogP contribution in [0.25, 0.3) is 21.3 Å². The summed E-state index contributed by atoms with van der Waals surface area (Å²) in [4.78, 5) is 38.4. The number of thiazole rings is 1. The highest BCUT2D eigenvalue weighted by molar-refractivity contribution is 7.22. The van der Waals surface area contributed by atoms with Crippen molar-refractivity contribution >= 4 is 44.4 Å². The minimum atomic E-state index is -1.10. The standard InChI is InChI=1S/C44H51N7O4S/c1-27-32(18-46-51(27)26-43-21-41(2)20-42(3,22-43)24-44(55,23-41)25-43)30-11-12-36(48-37(30)39(53)54)50-15-13-29-16-28(8-7-14-45-4)17-31(33(29)19-50)38(52)49-40-47-34-9-5-6-10-35(34)56-40/h5-6,9-12,16-18,45,55H,7-8,13-15,19-26H2,1-4H3,(H,53,54)(H,47,49,52). The minimum Gasteiger partial charge on any atom is -0.476 e. The third kappa shape index (κ3) is 6.69. The average molecular weight is 774 g/mol. The molecular weight excluding hydrogens is 723 g/mol. The monoisotopic (exact) mass is 773 g/mol. The van der Waals surface area contributed by atoms with E-state index in [9.17, 15) is 19.8 Å². The van der Waals surface area contributed by atoms with Crippen molar-refractivity contribution in [1.82, 2.24) is 25.1 Å². The molecule has 4 aliphatic carbocycles. The first-order valence-corrected chi connectivity index (χ1v) is 20.8. The predicted octanol–water partition coefficient (Wildman–Crippen LogP) is 7.64. The number of rotatable bonds is 11. The van der Waals surface area contributed by atoms with E-state index in [2.05, 4.69) is 40.4 Å². The topological polar surface area (TPSA) is 146 Å². The Kier molecular flexibility index (Phi) is 8.90. The van der Waals surface area contributed by atoms with E-state index >= 15 is 0 Å². The quantitative estimate of drug-likeness (QED) is 0.0996. The van der Waals surface area contributed by atoms with Crippen molar-refractivity contribution in [1.29, 1.82) is 0 Å². The number of aryl methyl sites for hydroxylation is 1. The van der Waals surface area contributed by atoms with E-state index in [1.165, 1.54) is 11.3 Å². The van der Waals surface area contributed by atoms with Crippen molar-refractivity contribution < 1.29 is 19.8 Å². The number of anilines is 2. The van der Waals surface area contributed by atoms with E-state index in [4.69, 9.17) is 10.1 Å². The van der Waals surface area contributed by atoms with Gasteiger partial charge in [0.15, 0.2) is 10.8 Å². The molecule has 11 nitrogen and oxygen atoms in total. The Hall–Kier alpha value is -4.65. The fourth-order valence-electron chi connectivity index (χ4n) is 12.1. The number of benzene rings is 2. The lowest BCUT2D eigenvalue weighted by Crippen LogP contribution is -2.63. The van der Waals surface area contributed by atoms with E-state index in [0.717, 1.165) is 96.1 Å². The molecule has 4 N–H and O–H groups in total. The maximum absolute atomic E-state index is 14.0. The second kappa shape index (κ2) is 13.5. The number of nitrogens with one attached hydrogen (secondary N) is 2. The number of carboxylic acid groups (broad SMARTS) is 1.